The summed E-state index contributed by atoms with van der Waals surface area (Å²) >= 11 is 0. The average molecular weight is 498 g/mol. The lowest BCUT2D eigenvalue weighted by Gasteiger charge is -2.21. The van der Waals surface area contributed by atoms with Crippen molar-refractivity contribution >= 4 is 48.8 Å². The standard InChI is InChI=1S/C38H27N/c1-24-8-6-13-31-28(24)20-21-34-33(31)19-18-25-16-17-26(22-37(25)34)29-10-4-5-12-32(29)36-15-7-14-35-30-11-3-2-9-27(30)23-39-38(35)36/h2-5,7,9-12,14-23H,1,6,8,13H2. The Labute approximate surface area is 228 Å². The van der Waals surface area contributed by atoms with Crippen molar-refractivity contribution in [1.29, 1.82) is 0 Å². The van der Waals surface area contributed by atoms with E-state index in [4.69, 9.17) is 4.98 Å². The Kier molecular flexibility index (Phi) is 4.93. The fourth-order valence-corrected chi connectivity index (χ4v) is 6.66. The maximum atomic E-state index is 4.95. The van der Waals surface area contributed by atoms with Crippen LogP contribution in [0.25, 0.3) is 71.0 Å². The number of rotatable bonds is 2. The maximum Gasteiger partial charge on any atom is 0.0786 e. The highest BCUT2D eigenvalue weighted by Gasteiger charge is 2.17. The monoisotopic (exact) mass is 497 g/mol. The van der Waals surface area contributed by atoms with Crippen molar-refractivity contribution in [1.82, 2.24) is 4.98 Å². The fourth-order valence-electron chi connectivity index (χ4n) is 6.66. The van der Waals surface area contributed by atoms with Crippen LogP contribution in [0.15, 0.2) is 122 Å². The van der Waals surface area contributed by atoms with E-state index in [1.165, 1.54) is 83.1 Å². The van der Waals surface area contributed by atoms with Gasteiger partial charge in [-0.05, 0) is 85.7 Å². The number of para-hydroxylation sites is 1. The van der Waals surface area contributed by atoms with Gasteiger partial charge in [-0.2, -0.15) is 0 Å². The smallest absolute Gasteiger partial charge is 0.0786 e. The molecule has 0 spiro atoms. The molecule has 184 valence electrons. The molecule has 0 atom stereocenters. The van der Waals surface area contributed by atoms with E-state index in [1.54, 1.807) is 0 Å². The number of nitrogens with zero attached hydrogens (tertiary/aromatic N) is 1. The fraction of sp³-hybridized carbons (Fsp3) is 0.0789. The number of hydrogen-bond donors (Lipinski definition) is 0. The van der Waals surface area contributed by atoms with Crippen LogP contribution in [0.2, 0.25) is 0 Å². The number of allylic oxidation sites excluding steroid dienone is 1. The molecule has 0 N–H and O–H groups in total. The Hall–Kier alpha value is -4.75. The van der Waals surface area contributed by atoms with Gasteiger partial charge in [-0.3, -0.25) is 4.98 Å². The van der Waals surface area contributed by atoms with E-state index >= 15 is 0 Å². The van der Waals surface area contributed by atoms with E-state index < -0.39 is 0 Å². The van der Waals surface area contributed by atoms with Crippen molar-refractivity contribution in [2.45, 2.75) is 19.3 Å². The molecule has 39 heavy (non-hydrogen) atoms. The van der Waals surface area contributed by atoms with Crippen molar-refractivity contribution in [3.63, 3.8) is 0 Å². The minimum atomic E-state index is 1.04. The van der Waals surface area contributed by atoms with Crippen molar-refractivity contribution in [3.05, 3.63) is 133 Å². The van der Waals surface area contributed by atoms with Gasteiger partial charge >= 0.3 is 0 Å². The first kappa shape index (κ1) is 22.3. The zero-order valence-corrected chi connectivity index (χ0v) is 21.7. The SMILES string of the molecule is C=C1CCCc2c1ccc1c2ccc2ccc(-c3ccccc3-c3cccc4c3ncc3ccccc34)cc21. The first-order valence-electron chi connectivity index (χ1n) is 13.8. The van der Waals surface area contributed by atoms with Crippen LogP contribution in [0.1, 0.15) is 24.0 Å². The van der Waals surface area contributed by atoms with Gasteiger partial charge in [-0.25, -0.2) is 0 Å². The second kappa shape index (κ2) is 8.64. The lowest BCUT2D eigenvalue weighted by Crippen LogP contribution is -2.02. The molecule has 0 aliphatic heterocycles. The molecule has 0 bridgehead atoms. The van der Waals surface area contributed by atoms with E-state index in [0.29, 0.717) is 0 Å². The lowest BCUT2D eigenvalue weighted by atomic mass is 9.84. The van der Waals surface area contributed by atoms with Crippen LogP contribution in [0, 0.1) is 0 Å². The minimum absolute atomic E-state index is 1.04. The van der Waals surface area contributed by atoms with Gasteiger partial charge in [-0.15, -0.1) is 0 Å². The summed E-state index contributed by atoms with van der Waals surface area (Å²) in [5.41, 5.74) is 9.96. The number of fused-ring (bicyclic) bond motifs is 8. The van der Waals surface area contributed by atoms with Gasteiger partial charge in [-0.1, -0.05) is 110 Å². The normalized spacial score (nSPS) is 13.4. The van der Waals surface area contributed by atoms with Gasteiger partial charge in [0.2, 0.25) is 0 Å². The third-order valence-corrected chi connectivity index (χ3v) is 8.56. The van der Waals surface area contributed by atoms with Crippen molar-refractivity contribution in [2.24, 2.45) is 0 Å². The highest BCUT2D eigenvalue weighted by atomic mass is 14.7. The summed E-state index contributed by atoms with van der Waals surface area (Å²) in [4.78, 5) is 4.95. The van der Waals surface area contributed by atoms with Gasteiger partial charge in [0, 0.05) is 22.5 Å². The van der Waals surface area contributed by atoms with Crippen LogP contribution in [0.4, 0.5) is 0 Å². The predicted octanol–water partition coefficient (Wildman–Crippen LogP) is 10.4. The highest BCUT2D eigenvalue weighted by molar-refractivity contribution is 6.13. The van der Waals surface area contributed by atoms with Crippen LogP contribution in [0.5, 0.6) is 0 Å². The van der Waals surface area contributed by atoms with Crippen LogP contribution in [-0.2, 0) is 6.42 Å². The van der Waals surface area contributed by atoms with Crippen LogP contribution in [-0.4, -0.2) is 4.98 Å². The van der Waals surface area contributed by atoms with Crippen LogP contribution >= 0.6 is 0 Å². The summed E-state index contributed by atoms with van der Waals surface area (Å²) in [6.07, 6.45) is 5.42. The third-order valence-electron chi connectivity index (χ3n) is 8.56. The molecule has 0 saturated heterocycles. The van der Waals surface area contributed by atoms with Gasteiger partial charge in [0.25, 0.3) is 0 Å². The molecule has 0 saturated carbocycles. The summed E-state index contributed by atoms with van der Waals surface area (Å²) in [5.74, 6) is 0. The zero-order valence-electron chi connectivity index (χ0n) is 21.7. The van der Waals surface area contributed by atoms with E-state index in [2.05, 4.69) is 116 Å². The van der Waals surface area contributed by atoms with Crippen LogP contribution < -0.4 is 0 Å². The topological polar surface area (TPSA) is 12.9 Å². The first-order valence-corrected chi connectivity index (χ1v) is 13.8. The number of benzene rings is 6. The van der Waals surface area contributed by atoms with Crippen LogP contribution in [0.3, 0.4) is 0 Å². The Morgan fingerprint density at radius 1 is 0.513 bits per heavy atom. The number of aromatic nitrogens is 1. The summed E-state index contributed by atoms with van der Waals surface area (Å²) in [6, 6.07) is 39.9. The largest absolute Gasteiger partial charge is 0.255 e. The molecule has 1 nitrogen and oxygen atoms in total. The Morgan fingerprint density at radius 3 is 2.23 bits per heavy atom. The van der Waals surface area contributed by atoms with E-state index in [-0.39, 0.29) is 0 Å². The number of hydrogen-bond acceptors (Lipinski definition) is 1. The van der Waals surface area contributed by atoms with Gasteiger partial charge in [0.05, 0.1) is 5.52 Å². The molecule has 1 heterocycles. The molecule has 1 aliphatic carbocycles. The third kappa shape index (κ3) is 3.43. The maximum absolute atomic E-state index is 4.95. The summed E-state index contributed by atoms with van der Waals surface area (Å²) < 4.78 is 0. The molecular weight excluding hydrogens is 470 g/mol. The second-order valence-corrected chi connectivity index (χ2v) is 10.7. The predicted molar refractivity (Wildman–Crippen MR) is 167 cm³/mol. The Morgan fingerprint density at radius 2 is 1.28 bits per heavy atom. The molecule has 0 amide bonds. The summed E-state index contributed by atoms with van der Waals surface area (Å²) in [6.45, 7) is 4.35. The van der Waals surface area contributed by atoms with Crippen molar-refractivity contribution in [2.75, 3.05) is 0 Å². The summed E-state index contributed by atoms with van der Waals surface area (Å²) in [7, 11) is 0. The molecule has 8 rings (SSSR count). The van der Waals surface area contributed by atoms with Gasteiger partial charge in [0.15, 0.2) is 0 Å². The van der Waals surface area contributed by atoms with E-state index in [0.717, 1.165) is 18.4 Å². The molecule has 0 unspecified atom stereocenters. The number of pyridine rings is 1. The van der Waals surface area contributed by atoms with E-state index in [1.807, 2.05) is 6.20 Å². The second-order valence-electron chi connectivity index (χ2n) is 10.7. The van der Waals surface area contributed by atoms with Gasteiger partial charge < -0.3 is 0 Å². The molecule has 7 aromatic rings. The molecular formula is C38H27N. The molecule has 6 aromatic carbocycles. The minimum Gasteiger partial charge on any atom is -0.255 e. The highest BCUT2D eigenvalue weighted by Crippen LogP contribution is 2.41. The molecule has 1 heteroatoms. The van der Waals surface area contributed by atoms with Crippen molar-refractivity contribution < 1.29 is 0 Å². The molecule has 1 aromatic heterocycles. The molecule has 1 aliphatic rings. The Balaban J connectivity index is 1.35. The molecule has 0 radical (unpaired) electrons. The Bertz CT molecular complexity index is 2110. The lowest BCUT2D eigenvalue weighted by molar-refractivity contribution is 0.830. The van der Waals surface area contributed by atoms with E-state index in [9.17, 15) is 0 Å². The molecule has 0 fully saturated rings. The van der Waals surface area contributed by atoms with Gasteiger partial charge in [0.1, 0.15) is 0 Å². The zero-order chi connectivity index (χ0) is 25.9. The van der Waals surface area contributed by atoms with Crippen molar-refractivity contribution in [3.8, 4) is 22.3 Å². The quantitative estimate of drug-likeness (QED) is 0.217. The number of aryl methyl sites for hydroxylation is 1. The average Bonchev–Trinajstić information content (AvgIpc) is 3.00. The first-order chi connectivity index (χ1) is 19.3. The summed E-state index contributed by atoms with van der Waals surface area (Å²) in [5, 5.41) is 8.89.